The van der Waals surface area contributed by atoms with Crippen molar-refractivity contribution in [1.82, 2.24) is 15.1 Å². The highest BCUT2D eigenvalue weighted by Crippen LogP contribution is 2.30. The molecule has 0 radical (unpaired) electrons. The summed E-state index contributed by atoms with van der Waals surface area (Å²) in [6.45, 7) is 1.36. The average Bonchev–Trinajstić information content (AvgIpc) is 3.70. The molecule has 3 aliphatic rings. The second kappa shape index (κ2) is 11.2. The van der Waals surface area contributed by atoms with Gasteiger partial charge >= 0.3 is 0 Å². The zero-order chi connectivity index (χ0) is 25.8. The second-order valence-electron chi connectivity index (χ2n) is 10.1. The van der Waals surface area contributed by atoms with Crippen LogP contribution in [0.1, 0.15) is 41.6 Å². The molecule has 0 aromatic heterocycles. The minimum atomic E-state index is -0.506. The Kier molecular flexibility index (Phi) is 7.53. The topological polar surface area (TPSA) is 79.0 Å². The summed E-state index contributed by atoms with van der Waals surface area (Å²) in [6, 6.07) is 13.3. The molecule has 3 amide bonds. The Hall–Kier alpha value is -3.68. The first-order valence-electron chi connectivity index (χ1n) is 13.0. The smallest absolute Gasteiger partial charge is 0.254 e. The van der Waals surface area contributed by atoms with Crippen molar-refractivity contribution in [2.75, 3.05) is 26.2 Å². The molecule has 2 atom stereocenters. The molecule has 7 nitrogen and oxygen atoms in total. The molecule has 2 aliphatic heterocycles. The van der Waals surface area contributed by atoms with Gasteiger partial charge in [0.25, 0.3) is 5.91 Å². The van der Waals surface area contributed by atoms with Crippen LogP contribution in [0.3, 0.4) is 0 Å². The Morgan fingerprint density at radius 3 is 2.70 bits per heavy atom. The molecule has 2 heterocycles. The van der Waals surface area contributed by atoms with Gasteiger partial charge in [-0.25, -0.2) is 4.39 Å². The van der Waals surface area contributed by atoms with Crippen LogP contribution in [0.25, 0.3) is 0 Å². The first-order chi connectivity index (χ1) is 18.0. The number of para-hydroxylation sites is 1. The number of hydrogen-bond donors (Lipinski definition) is 1. The molecule has 37 heavy (non-hydrogen) atoms. The molecular weight excluding hydrogens is 473 g/mol. The molecule has 2 bridgehead atoms. The number of halogens is 1. The van der Waals surface area contributed by atoms with Crippen molar-refractivity contribution in [3.8, 4) is 5.75 Å². The van der Waals surface area contributed by atoms with Gasteiger partial charge in [0.2, 0.25) is 11.8 Å². The number of rotatable bonds is 4. The largest absolute Gasteiger partial charge is 0.489 e. The number of amides is 3. The fraction of sp³-hybridized carbons (Fsp3) is 0.414. The van der Waals surface area contributed by atoms with Gasteiger partial charge in [-0.3, -0.25) is 14.4 Å². The normalized spacial score (nSPS) is 22.1. The third kappa shape index (κ3) is 6.37. The summed E-state index contributed by atoms with van der Waals surface area (Å²) in [6.07, 6.45) is 7.25. The third-order valence-electron chi connectivity index (χ3n) is 7.29. The summed E-state index contributed by atoms with van der Waals surface area (Å²) >= 11 is 0. The van der Waals surface area contributed by atoms with E-state index in [0.717, 1.165) is 18.4 Å². The molecule has 2 aromatic carbocycles. The van der Waals surface area contributed by atoms with E-state index in [1.807, 2.05) is 30.3 Å². The van der Waals surface area contributed by atoms with E-state index in [4.69, 9.17) is 4.74 Å². The fourth-order valence-corrected chi connectivity index (χ4v) is 5.10. The molecule has 1 aliphatic carbocycles. The molecule has 0 spiro atoms. The Morgan fingerprint density at radius 1 is 1.05 bits per heavy atom. The minimum Gasteiger partial charge on any atom is -0.489 e. The Labute approximate surface area is 216 Å². The highest BCUT2D eigenvalue weighted by molar-refractivity contribution is 5.96. The maximum atomic E-state index is 13.9. The van der Waals surface area contributed by atoms with Gasteiger partial charge in [0, 0.05) is 36.7 Å². The molecule has 194 valence electrons. The van der Waals surface area contributed by atoms with Crippen molar-refractivity contribution in [1.29, 1.82) is 0 Å². The Bertz CT molecular complexity index is 1200. The SMILES string of the molecule is O=C(C[C@@H]1CCN2C[C@@H]1C=CCOc1ccccc1CN(C(=O)c1cccc(F)c1)CC2=O)NC1CC1. The van der Waals surface area contributed by atoms with Gasteiger partial charge < -0.3 is 19.9 Å². The molecule has 1 N–H and O–H groups in total. The van der Waals surface area contributed by atoms with Crippen molar-refractivity contribution < 1.29 is 23.5 Å². The van der Waals surface area contributed by atoms with E-state index in [1.54, 1.807) is 11.0 Å². The van der Waals surface area contributed by atoms with Crippen LogP contribution in [-0.2, 0) is 16.1 Å². The molecule has 1 saturated carbocycles. The fourth-order valence-electron chi connectivity index (χ4n) is 5.10. The summed E-state index contributed by atoms with van der Waals surface area (Å²) in [7, 11) is 0. The van der Waals surface area contributed by atoms with Crippen LogP contribution >= 0.6 is 0 Å². The number of carbonyl (C=O) groups excluding carboxylic acids is 3. The average molecular weight is 506 g/mol. The van der Waals surface area contributed by atoms with Crippen LogP contribution in [0.2, 0.25) is 0 Å². The van der Waals surface area contributed by atoms with Gasteiger partial charge in [0.15, 0.2) is 0 Å². The highest BCUT2D eigenvalue weighted by Gasteiger charge is 2.34. The van der Waals surface area contributed by atoms with Gasteiger partial charge in [-0.1, -0.05) is 36.4 Å². The van der Waals surface area contributed by atoms with Crippen LogP contribution < -0.4 is 10.1 Å². The minimum absolute atomic E-state index is 0.00891. The lowest BCUT2D eigenvalue weighted by molar-refractivity contribution is -0.134. The Morgan fingerprint density at radius 2 is 1.89 bits per heavy atom. The number of hydrogen-bond acceptors (Lipinski definition) is 4. The van der Waals surface area contributed by atoms with E-state index in [2.05, 4.69) is 11.4 Å². The van der Waals surface area contributed by atoms with Crippen LogP contribution in [-0.4, -0.2) is 59.8 Å². The maximum absolute atomic E-state index is 13.9. The number of nitrogens with one attached hydrogen (secondary N) is 1. The number of fused-ring (bicyclic) bond motifs is 3. The van der Waals surface area contributed by atoms with Gasteiger partial charge in [0.05, 0.1) is 6.54 Å². The van der Waals surface area contributed by atoms with Crippen LogP contribution in [0.15, 0.2) is 60.7 Å². The monoisotopic (exact) mass is 505 g/mol. The lowest BCUT2D eigenvalue weighted by Crippen LogP contribution is -2.48. The maximum Gasteiger partial charge on any atom is 0.254 e. The van der Waals surface area contributed by atoms with Crippen LogP contribution in [0.5, 0.6) is 5.75 Å². The quantitative estimate of drug-likeness (QED) is 0.645. The zero-order valence-electron chi connectivity index (χ0n) is 20.8. The predicted molar refractivity (Wildman–Crippen MR) is 136 cm³/mol. The van der Waals surface area contributed by atoms with E-state index in [1.165, 1.54) is 23.1 Å². The zero-order valence-corrected chi connectivity index (χ0v) is 20.8. The summed E-state index contributed by atoms with van der Waals surface area (Å²) < 4.78 is 19.9. The summed E-state index contributed by atoms with van der Waals surface area (Å²) in [5, 5.41) is 3.07. The number of piperidine rings is 1. The Balaban J connectivity index is 1.39. The molecule has 1 saturated heterocycles. The summed E-state index contributed by atoms with van der Waals surface area (Å²) in [5.74, 6) is -0.259. The number of benzene rings is 2. The summed E-state index contributed by atoms with van der Waals surface area (Å²) in [5.41, 5.74) is 0.954. The highest BCUT2D eigenvalue weighted by atomic mass is 19.1. The van der Waals surface area contributed by atoms with E-state index >= 15 is 0 Å². The van der Waals surface area contributed by atoms with Gasteiger partial charge in [-0.05, 0) is 55.4 Å². The molecule has 8 heteroatoms. The van der Waals surface area contributed by atoms with E-state index in [9.17, 15) is 18.8 Å². The van der Waals surface area contributed by atoms with E-state index in [0.29, 0.717) is 44.3 Å². The van der Waals surface area contributed by atoms with Crippen molar-refractivity contribution in [2.24, 2.45) is 11.8 Å². The van der Waals surface area contributed by atoms with Gasteiger partial charge in [-0.15, -0.1) is 0 Å². The van der Waals surface area contributed by atoms with Crippen molar-refractivity contribution in [3.05, 3.63) is 77.6 Å². The molecule has 0 unspecified atom stereocenters. The predicted octanol–water partition coefficient (Wildman–Crippen LogP) is 3.55. The second-order valence-corrected chi connectivity index (χ2v) is 10.1. The summed E-state index contributed by atoms with van der Waals surface area (Å²) in [4.78, 5) is 42.6. The standard InChI is InChI=1S/C29H32FN3O4/c30-24-8-3-6-21(15-24)29(36)33-18-23-5-1-2-9-26(23)37-14-4-7-22-17-32(28(35)19-33)13-12-20(22)16-27(34)31-25-10-11-25/h1-9,15,20,22,25H,10-14,16-19H2,(H,31,34)/t20-,22-/m0/s1. The number of carbonyl (C=O) groups is 3. The van der Waals surface area contributed by atoms with Crippen molar-refractivity contribution in [3.63, 3.8) is 0 Å². The van der Waals surface area contributed by atoms with E-state index < -0.39 is 11.7 Å². The van der Waals surface area contributed by atoms with Gasteiger partial charge in [0.1, 0.15) is 24.7 Å². The number of nitrogens with zero attached hydrogens (tertiary/aromatic N) is 2. The molecule has 5 rings (SSSR count). The molecule has 2 fully saturated rings. The van der Waals surface area contributed by atoms with Crippen molar-refractivity contribution >= 4 is 17.7 Å². The van der Waals surface area contributed by atoms with E-state index in [-0.39, 0.29) is 42.3 Å². The number of ether oxygens (including phenoxy) is 1. The van der Waals surface area contributed by atoms with Crippen molar-refractivity contribution in [2.45, 2.75) is 38.3 Å². The first-order valence-corrected chi connectivity index (χ1v) is 13.0. The molecule has 2 aromatic rings. The van der Waals surface area contributed by atoms with Crippen LogP contribution in [0, 0.1) is 17.7 Å². The third-order valence-corrected chi connectivity index (χ3v) is 7.29. The lowest BCUT2D eigenvalue weighted by atomic mass is 9.82. The van der Waals surface area contributed by atoms with Crippen LogP contribution in [0.4, 0.5) is 4.39 Å². The van der Waals surface area contributed by atoms with Gasteiger partial charge in [-0.2, -0.15) is 0 Å². The molecular formula is C29H32FN3O4. The first kappa shape index (κ1) is 25.0. The lowest BCUT2D eigenvalue weighted by Gasteiger charge is -2.38.